The maximum absolute atomic E-state index is 11.2. The Morgan fingerprint density at radius 1 is 1.20 bits per heavy atom. The summed E-state index contributed by atoms with van der Waals surface area (Å²) in [7, 11) is 0. The average molecular weight is 340 g/mol. The molecule has 7 nitrogen and oxygen atoms in total. The molecule has 0 spiro atoms. The van der Waals surface area contributed by atoms with Crippen LogP contribution in [0.25, 0.3) is 0 Å². The fourth-order valence-corrected chi connectivity index (χ4v) is 2.00. The fourth-order valence-electron chi connectivity index (χ4n) is 1.74. The summed E-state index contributed by atoms with van der Waals surface area (Å²) in [5.74, 6) is -2.68. The number of benzene rings is 1. The number of hydrogen-bond acceptors (Lipinski definition) is 4. The minimum Gasteiger partial charge on any atom is -0.476 e. The topological polar surface area (TPSA) is 118 Å². The van der Waals surface area contributed by atoms with E-state index in [1.807, 2.05) is 0 Å². The number of nitrogen functional groups attached to an aromatic ring is 1. The van der Waals surface area contributed by atoms with Gasteiger partial charge in [0.2, 0.25) is 0 Å². The molecule has 1 heterocycles. The number of carboxylic acid groups (broad SMARTS) is 2. The lowest BCUT2D eigenvalue weighted by atomic mass is 10.2. The van der Waals surface area contributed by atoms with Gasteiger partial charge >= 0.3 is 11.9 Å². The molecule has 0 bridgehead atoms. The molecule has 0 fully saturated rings. The van der Waals surface area contributed by atoms with Crippen molar-refractivity contribution in [2.75, 3.05) is 5.73 Å². The van der Waals surface area contributed by atoms with Crippen LogP contribution in [-0.4, -0.2) is 31.9 Å². The molecule has 0 aliphatic carbocycles. The number of carbonyl (C=O) groups is 2. The largest absolute Gasteiger partial charge is 0.476 e. The lowest BCUT2D eigenvalue weighted by Gasteiger charge is -2.05. The van der Waals surface area contributed by atoms with E-state index in [9.17, 15) is 9.59 Å². The number of rotatable bonds is 4. The van der Waals surface area contributed by atoms with Crippen molar-refractivity contribution in [2.45, 2.75) is 6.54 Å². The van der Waals surface area contributed by atoms with Crippen molar-refractivity contribution in [3.63, 3.8) is 0 Å². The second-order valence-electron chi connectivity index (χ2n) is 4.01. The maximum Gasteiger partial charge on any atom is 0.358 e. The highest BCUT2D eigenvalue weighted by Crippen LogP contribution is 2.19. The molecule has 0 atom stereocenters. The van der Waals surface area contributed by atoms with Gasteiger partial charge in [-0.25, -0.2) is 9.59 Å². The highest BCUT2D eigenvalue weighted by molar-refractivity contribution is 9.10. The summed E-state index contributed by atoms with van der Waals surface area (Å²) in [6.45, 7) is 0.117. The number of anilines is 1. The number of hydrogen-bond donors (Lipinski definition) is 3. The van der Waals surface area contributed by atoms with Gasteiger partial charge in [0.1, 0.15) is 5.69 Å². The third kappa shape index (κ3) is 2.64. The van der Waals surface area contributed by atoms with E-state index in [0.717, 1.165) is 14.7 Å². The van der Waals surface area contributed by atoms with Crippen LogP contribution in [0.2, 0.25) is 0 Å². The van der Waals surface area contributed by atoms with Gasteiger partial charge in [0, 0.05) is 4.47 Å². The zero-order valence-corrected chi connectivity index (χ0v) is 11.7. The van der Waals surface area contributed by atoms with E-state index in [1.165, 1.54) is 0 Å². The van der Waals surface area contributed by atoms with Crippen molar-refractivity contribution < 1.29 is 19.8 Å². The number of aromatic nitrogens is 2. The fraction of sp³-hybridized carbons (Fsp3) is 0.0833. The van der Waals surface area contributed by atoms with Gasteiger partial charge in [0.25, 0.3) is 0 Å². The molecule has 2 rings (SSSR count). The Bertz CT molecular complexity index is 679. The smallest absolute Gasteiger partial charge is 0.358 e. The summed E-state index contributed by atoms with van der Waals surface area (Å²) >= 11 is 3.29. The number of carboxylic acids is 2. The zero-order chi connectivity index (χ0) is 14.9. The van der Waals surface area contributed by atoms with Gasteiger partial charge in [0.05, 0.1) is 6.54 Å². The molecule has 104 valence electrons. The first-order valence-corrected chi connectivity index (χ1v) is 6.26. The third-order valence-electron chi connectivity index (χ3n) is 2.64. The van der Waals surface area contributed by atoms with Crippen LogP contribution in [0.3, 0.4) is 0 Å². The third-order valence-corrected chi connectivity index (χ3v) is 3.17. The van der Waals surface area contributed by atoms with E-state index in [-0.39, 0.29) is 17.9 Å². The van der Waals surface area contributed by atoms with Crippen LogP contribution < -0.4 is 5.73 Å². The van der Waals surface area contributed by atoms with Gasteiger partial charge < -0.3 is 15.9 Å². The van der Waals surface area contributed by atoms with Crippen molar-refractivity contribution in [1.82, 2.24) is 9.78 Å². The summed E-state index contributed by atoms with van der Waals surface area (Å²) in [6.07, 6.45) is 0. The summed E-state index contributed by atoms with van der Waals surface area (Å²) in [5.41, 5.74) is 5.17. The van der Waals surface area contributed by atoms with Crippen molar-refractivity contribution in [3.8, 4) is 0 Å². The molecule has 0 radical (unpaired) electrons. The van der Waals surface area contributed by atoms with Crippen molar-refractivity contribution in [1.29, 1.82) is 0 Å². The number of halogens is 1. The molecule has 20 heavy (non-hydrogen) atoms. The molecule has 4 N–H and O–H groups in total. The van der Waals surface area contributed by atoms with E-state index in [1.54, 1.807) is 24.3 Å². The Morgan fingerprint density at radius 2 is 1.80 bits per heavy atom. The normalized spacial score (nSPS) is 10.4. The molecule has 2 aromatic rings. The van der Waals surface area contributed by atoms with Crippen molar-refractivity contribution >= 4 is 33.6 Å². The first-order chi connectivity index (χ1) is 9.40. The number of nitrogens with zero attached hydrogens (tertiary/aromatic N) is 2. The lowest BCUT2D eigenvalue weighted by molar-refractivity contribution is 0.0676. The van der Waals surface area contributed by atoms with Crippen LogP contribution in [0.4, 0.5) is 5.69 Å². The standard InChI is InChI=1S/C12H10BrN3O4/c13-7-3-1-6(2-4-7)5-16-10(12(19)20)8(14)9(15-16)11(17)18/h1-4H,5,14H2,(H,17,18)(H,19,20). The minimum atomic E-state index is -1.36. The van der Waals surface area contributed by atoms with E-state index in [4.69, 9.17) is 15.9 Å². The minimum absolute atomic E-state index is 0.117. The van der Waals surface area contributed by atoms with Crippen molar-refractivity contribution in [3.05, 3.63) is 45.7 Å². The first kappa shape index (κ1) is 14.1. The quantitative estimate of drug-likeness (QED) is 0.779. The van der Waals surface area contributed by atoms with Crippen LogP contribution in [0.5, 0.6) is 0 Å². The molecule has 1 aromatic heterocycles. The van der Waals surface area contributed by atoms with Crippen LogP contribution in [0.15, 0.2) is 28.7 Å². The second-order valence-corrected chi connectivity index (χ2v) is 4.92. The maximum atomic E-state index is 11.2. The Balaban J connectivity index is 2.45. The Hall–Kier alpha value is -2.35. The van der Waals surface area contributed by atoms with Crippen molar-refractivity contribution in [2.24, 2.45) is 0 Å². The molecule has 0 aliphatic rings. The molecule has 0 saturated heterocycles. The van der Waals surface area contributed by atoms with Crippen LogP contribution in [0.1, 0.15) is 26.5 Å². The Labute approximate surface area is 121 Å². The summed E-state index contributed by atoms with van der Waals surface area (Å²) in [6, 6.07) is 7.13. The molecule has 0 unspecified atom stereocenters. The van der Waals surface area contributed by atoms with E-state index in [2.05, 4.69) is 21.0 Å². The monoisotopic (exact) mass is 339 g/mol. The van der Waals surface area contributed by atoms with Crippen LogP contribution in [0, 0.1) is 0 Å². The summed E-state index contributed by atoms with van der Waals surface area (Å²) in [5, 5.41) is 21.8. The highest BCUT2D eigenvalue weighted by Gasteiger charge is 2.24. The highest BCUT2D eigenvalue weighted by atomic mass is 79.9. The molecule has 8 heteroatoms. The molecule has 0 aliphatic heterocycles. The Morgan fingerprint density at radius 3 is 2.30 bits per heavy atom. The summed E-state index contributed by atoms with van der Waals surface area (Å²) < 4.78 is 1.95. The molecular formula is C12H10BrN3O4. The Kier molecular flexibility index (Phi) is 3.75. The SMILES string of the molecule is Nc1c(C(=O)O)nn(Cc2ccc(Br)cc2)c1C(=O)O. The molecule has 1 aromatic carbocycles. The second kappa shape index (κ2) is 5.33. The summed E-state index contributed by atoms with van der Waals surface area (Å²) in [4.78, 5) is 22.1. The van der Waals surface area contributed by atoms with E-state index >= 15 is 0 Å². The zero-order valence-electron chi connectivity index (χ0n) is 10.1. The van der Waals surface area contributed by atoms with E-state index < -0.39 is 17.6 Å². The van der Waals surface area contributed by atoms with Gasteiger partial charge in [-0.2, -0.15) is 5.10 Å². The van der Waals surface area contributed by atoms with Gasteiger partial charge in [0.15, 0.2) is 11.4 Å². The lowest BCUT2D eigenvalue weighted by Crippen LogP contribution is -2.12. The average Bonchev–Trinajstić information content (AvgIpc) is 2.69. The first-order valence-electron chi connectivity index (χ1n) is 5.47. The van der Waals surface area contributed by atoms with Crippen LogP contribution in [-0.2, 0) is 6.54 Å². The number of aromatic carboxylic acids is 2. The molecular weight excluding hydrogens is 330 g/mol. The van der Waals surface area contributed by atoms with Crippen LogP contribution >= 0.6 is 15.9 Å². The molecule has 0 amide bonds. The molecule has 0 saturated carbocycles. The van der Waals surface area contributed by atoms with Gasteiger partial charge in [-0.15, -0.1) is 0 Å². The van der Waals surface area contributed by atoms with Gasteiger partial charge in [-0.3, -0.25) is 4.68 Å². The predicted molar refractivity (Wildman–Crippen MR) is 73.8 cm³/mol. The van der Waals surface area contributed by atoms with Gasteiger partial charge in [-0.05, 0) is 17.7 Å². The van der Waals surface area contributed by atoms with E-state index in [0.29, 0.717) is 0 Å². The van der Waals surface area contributed by atoms with Gasteiger partial charge in [-0.1, -0.05) is 28.1 Å². The number of nitrogens with two attached hydrogens (primary N) is 1. The predicted octanol–water partition coefficient (Wildman–Crippen LogP) is 1.67.